The van der Waals surface area contributed by atoms with Crippen LogP contribution in [0.15, 0.2) is 45.3 Å². The lowest BCUT2D eigenvalue weighted by Gasteiger charge is -2.18. The first-order valence-electron chi connectivity index (χ1n) is 5.64. The molecule has 0 saturated heterocycles. The fourth-order valence-electron chi connectivity index (χ4n) is 1.78. The summed E-state index contributed by atoms with van der Waals surface area (Å²) in [6.45, 7) is 1.82. The number of nitrogens with one attached hydrogen (secondary N) is 1. The van der Waals surface area contributed by atoms with E-state index in [4.69, 9.17) is 0 Å². The summed E-state index contributed by atoms with van der Waals surface area (Å²) in [6, 6.07) is 8.99. The molecule has 2 aromatic rings. The maximum Gasteiger partial charge on any atom is 0.131 e. The number of para-hydroxylation sites is 1. The van der Waals surface area contributed by atoms with Gasteiger partial charge in [-0.3, -0.25) is 0 Å². The summed E-state index contributed by atoms with van der Waals surface area (Å²) in [5, 5.41) is 3.20. The highest BCUT2D eigenvalue weighted by Crippen LogP contribution is 2.33. The summed E-state index contributed by atoms with van der Waals surface area (Å²) >= 11 is 6.86. The van der Waals surface area contributed by atoms with Crippen LogP contribution in [0.25, 0.3) is 0 Å². The number of anilines is 1. The fraction of sp³-hybridized carbons (Fsp3) is 0.143. The van der Waals surface area contributed by atoms with E-state index >= 15 is 0 Å². The molecule has 0 bridgehead atoms. The van der Waals surface area contributed by atoms with E-state index in [0.29, 0.717) is 5.56 Å². The third kappa shape index (κ3) is 3.34. The van der Waals surface area contributed by atoms with E-state index < -0.39 is 11.6 Å². The van der Waals surface area contributed by atoms with Crippen molar-refractivity contribution in [2.24, 2.45) is 0 Å². The number of hydrogen-bond acceptors (Lipinski definition) is 1. The molecule has 0 amide bonds. The van der Waals surface area contributed by atoms with Gasteiger partial charge in [0.05, 0.1) is 11.7 Å². The van der Waals surface area contributed by atoms with Crippen LogP contribution in [-0.4, -0.2) is 0 Å². The minimum absolute atomic E-state index is 0.282. The highest BCUT2D eigenvalue weighted by molar-refractivity contribution is 9.11. The van der Waals surface area contributed by atoms with E-state index in [0.717, 1.165) is 20.7 Å². The first-order valence-corrected chi connectivity index (χ1v) is 7.23. The Hall–Kier alpha value is -0.940. The molecule has 1 atom stereocenters. The predicted molar refractivity (Wildman–Crippen MR) is 80.2 cm³/mol. The summed E-state index contributed by atoms with van der Waals surface area (Å²) in [6.07, 6.45) is 0. The Labute approximate surface area is 127 Å². The van der Waals surface area contributed by atoms with E-state index in [1.807, 2.05) is 25.1 Å². The Bertz CT molecular complexity index is 582. The van der Waals surface area contributed by atoms with Crippen molar-refractivity contribution < 1.29 is 8.78 Å². The van der Waals surface area contributed by atoms with Crippen LogP contribution in [0.5, 0.6) is 0 Å². The summed E-state index contributed by atoms with van der Waals surface area (Å²) in [4.78, 5) is 0. The standard InChI is InChI=1S/C14H11Br2F2N/c1-8(10-6-5-9(17)7-13(10)18)19-14-11(15)3-2-4-12(14)16/h2-8,19H,1H3. The number of halogens is 4. The smallest absolute Gasteiger partial charge is 0.131 e. The topological polar surface area (TPSA) is 12.0 Å². The van der Waals surface area contributed by atoms with E-state index in [-0.39, 0.29) is 6.04 Å². The lowest BCUT2D eigenvalue weighted by molar-refractivity contribution is 0.566. The van der Waals surface area contributed by atoms with Crippen molar-refractivity contribution in [1.29, 1.82) is 0 Å². The van der Waals surface area contributed by atoms with Crippen LogP contribution >= 0.6 is 31.9 Å². The van der Waals surface area contributed by atoms with Gasteiger partial charge >= 0.3 is 0 Å². The molecule has 0 radical (unpaired) electrons. The maximum atomic E-state index is 13.7. The molecule has 5 heteroatoms. The van der Waals surface area contributed by atoms with Crippen LogP contribution in [-0.2, 0) is 0 Å². The minimum atomic E-state index is -0.574. The number of benzene rings is 2. The maximum absolute atomic E-state index is 13.7. The largest absolute Gasteiger partial charge is 0.377 e. The Morgan fingerprint density at radius 3 is 2.26 bits per heavy atom. The molecular weight excluding hydrogens is 380 g/mol. The van der Waals surface area contributed by atoms with Crippen molar-refractivity contribution in [3.8, 4) is 0 Å². The summed E-state index contributed by atoms with van der Waals surface area (Å²) < 4.78 is 28.3. The average Bonchev–Trinajstić information content (AvgIpc) is 2.33. The second-order valence-electron chi connectivity index (χ2n) is 4.13. The van der Waals surface area contributed by atoms with Gasteiger partial charge in [-0.15, -0.1) is 0 Å². The third-order valence-electron chi connectivity index (χ3n) is 2.75. The van der Waals surface area contributed by atoms with Gasteiger partial charge in [0.15, 0.2) is 0 Å². The third-order valence-corrected chi connectivity index (χ3v) is 4.07. The second kappa shape index (κ2) is 6.01. The summed E-state index contributed by atoms with van der Waals surface area (Å²) in [7, 11) is 0. The van der Waals surface area contributed by atoms with Crippen molar-refractivity contribution in [3.05, 3.63) is 62.5 Å². The molecule has 0 aliphatic rings. The SMILES string of the molecule is CC(Nc1c(Br)cccc1Br)c1ccc(F)cc1F. The zero-order chi connectivity index (χ0) is 14.0. The van der Waals surface area contributed by atoms with Crippen LogP contribution in [0, 0.1) is 11.6 Å². The van der Waals surface area contributed by atoms with Crippen LogP contribution in [0.2, 0.25) is 0 Å². The van der Waals surface area contributed by atoms with Crippen LogP contribution in [0.1, 0.15) is 18.5 Å². The van der Waals surface area contributed by atoms with Crippen molar-refractivity contribution in [1.82, 2.24) is 0 Å². The van der Waals surface area contributed by atoms with Gasteiger partial charge in [0.1, 0.15) is 11.6 Å². The van der Waals surface area contributed by atoms with Gasteiger partial charge in [0.2, 0.25) is 0 Å². The van der Waals surface area contributed by atoms with Crippen LogP contribution in [0.3, 0.4) is 0 Å². The molecule has 0 heterocycles. The molecule has 0 aliphatic carbocycles. The lowest BCUT2D eigenvalue weighted by atomic mass is 10.1. The number of hydrogen-bond donors (Lipinski definition) is 1. The number of rotatable bonds is 3. The molecule has 0 fully saturated rings. The van der Waals surface area contributed by atoms with Gasteiger partial charge in [0, 0.05) is 20.6 Å². The molecule has 0 saturated carbocycles. The monoisotopic (exact) mass is 389 g/mol. The van der Waals surface area contributed by atoms with Gasteiger partial charge in [-0.2, -0.15) is 0 Å². The second-order valence-corrected chi connectivity index (χ2v) is 5.84. The molecule has 1 nitrogen and oxygen atoms in total. The van der Waals surface area contributed by atoms with Crippen molar-refractivity contribution >= 4 is 37.5 Å². The first-order chi connectivity index (χ1) is 8.99. The van der Waals surface area contributed by atoms with Crippen molar-refractivity contribution in [3.63, 3.8) is 0 Å². The van der Waals surface area contributed by atoms with E-state index in [1.54, 1.807) is 0 Å². The Morgan fingerprint density at radius 2 is 1.68 bits per heavy atom. The molecule has 100 valence electrons. The van der Waals surface area contributed by atoms with Crippen molar-refractivity contribution in [2.75, 3.05) is 5.32 Å². The molecular formula is C14H11Br2F2N. The molecule has 19 heavy (non-hydrogen) atoms. The van der Waals surface area contributed by atoms with Gasteiger partial charge in [0.25, 0.3) is 0 Å². The normalized spacial score (nSPS) is 12.3. The lowest BCUT2D eigenvalue weighted by Crippen LogP contribution is -2.09. The predicted octanol–water partition coefficient (Wildman–Crippen LogP) is 5.66. The first kappa shape index (κ1) is 14.5. The Morgan fingerprint density at radius 1 is 1.05 bits per heavy atom. The van der Waals surface area contributed by atoms with E-state index in [1.165, 1.54) is 12.1 Å². The molecule has 1 unspecified atom stereocenters. The fourth-order valence-corrected chi connectivity index (χ4v) is 3.01. The highest BCUT2D eigenvalue weighted by atomic mass is 79.9. The molecule has 0 spiro atoms. The van der Waals surface area contributed by atoms with Crippen LogP contribution in [0.4, 0.5) is 14.5 Å². The minimum Gasteiger partial charge on any atom is -0.377 e. The zero-order valence-electron chi connectivity index (χ0n) is 10.1. The summed E-state index contributed by atoms with van der Waals surface area (Å²) in [5.74, 6) is -1.13. The van der Waals surface area contributed by atoms with Crippen molar-refractivity contribution in [2.45, 2.75) is 13.0 Å². The quantitative estimate of drug-likeness (QED) is 0.712. The molecule has 2 aromatic carbocycles. The van der Waals surface area contributed by atoms with E-state index in [9.17, 15) is 8.78 Å². The molecule has 2 rings (SSSR count). The van der Waals surface area contributed by atoms with Gasteiger partial charge in [-0.05, 0) is 57.0 Å². The van der Waals surface area contributed by atoms with E-state index in [2.05, 4.69) is 37.2 Å². The highest BCUT2D eigenvalue weighted by Gasteiger charge is 2.14. The zero-order valence-corrected chi connectivity index (χ0v) is 13.2. The molecule has 1 N–H and O–H groups in total. The van der Waals surface area contributed by atoms with Gasteiger partial charge in [-0.25, -0.2) is 8.78 Å². The Kier molecular flexibility index (Phi) is 4.58. The summed E-state index contributed by atoms with van der Waals surface area (Å²) in [5.41, 5.74) is 1.25. The van der Waals surface area contributed by atoms with Gasteiger partial charge in [-0.1, -0.05) is 12.1 Å². The van der Waals surface area contributed by atoms with Gasteiger partial charge < -0.3 is 5.32 Å². The van der Waals surface area contributed by atoms with Crippen LogP contribution < -0.4 is 5.32 Å². The molecule has 0 aliphatic heterocycles. The Balaban J connectivity index is 2.28. The molecule has 0 aromatic heterocycles. The average molecular weight is 391 g/mol.